The number of anilines is 2. The predicted octanol–water partition coefficient (Wildman–Crippen LogP) is 3.37. The Morgan fingerprint density at radius 2 is 1.92 bits per heavy atom. The second-order valence-electron chi connectivity index (χ2n) is 6.13. The quantitative estimate of drug-likeness (QED) is 0.800. The molecule has 0 aliphatic carbocycles. The van der Waals surface area contributed by atoms with Gasteiger partial charge in [0, 0.05) is 25.9 Å². The van der Waals surface area contributed by atoms with Gasteiger partial charge in [0.2, 0.25) is 5.95 Å². The number of aromatic nitrogens is 2. The Morgan fingerprint density at radius 1 is 1.15 bits per heavy atom. The highest BCUT2D eigenvalue weighted by molar-refractivity contribution is 8.38. The van der Waals surface area contributed by atoms with Crippen LogP contribution in [0.2, 0.25) is 0 Å². The molecule has 6 nitrogen and oxygen atoms in total. The Kier molecular flexibility index (Phi) is 5.33. The molecular formula is C18H21N5OS2. The Bertz CT molecular complexity index is 809. The molecule has 2 aliphatic rings. The van der Waals surface area contributed by atoms with Crippen LogP contribution in [0.1, 0.15) is 11.3 Å². The molecule has 136 valence electrons. The third-order valence-corrected chi connectivity index (χ3v) is 6.58. The van der Waals surface area contributed by atoms with Gasteiger partial charge in [0.05, 0.1) is 23.8 Å². The number of morpholine rings is 1. The van der Waals surface area contributed by atoms with E-state index in [0.717, 1.165) is 58.8 Å². The molecule has 2 aromatic rings. The maximum Gasteiger partial charge on any atom is 0.227 e. The summed E-state index contributed by atoms with van der Waals surface area (Å²) >= 11 is 3.41. The number of thioether (sulfide) groups is 2. The maximum absolute atomic E-state index is 5.43. The Hall–Kier alpha value is -1.77. The van der Waals surface area contributed by atoms with Crippen molar-refractivity contribution < 1.29 is 4.74 Å². The first-order chi connectivity index (χ1) is 12.7. The zero-order valence-corrected chi connectivity index (χ0v) is 16.5. The van der Waals surface area contributed by atoms with E-state index < -0.39 is 0 Å². The summed E-state index contributed by atoms with van der Waals surface area (Å²) in [7, 11) is 1.96. The first-order valence-electron chi connectivity index (χ1n) is 8.59. The van der Waals surface area contributed by atoms with Gasteiger partial charge in [-0.2, -0.15) is 10.1 Å². The predicted molar refractivity (Wildman–Crippen MR) is 109 cm³/mol. The molecule has 0 unspecified atom stereocenters. The lowest BCUT2D eigenvalue weighted by atomic mass is 10.2. The summed E-state index contributed by atoms with van der Waals surface area (Å²) in [4.78, 5) is 12.8. The lowest BCUT2D eigenvalue weighted by Crippen LogP contribution is -2.37. The zero-order chi connectivity index (χ0) is 17.9. The van der Waals surface area contributed by atoms with Crippen molar-refractivity contribution in [1.82, 2.24) is 9.97 Å². The lowest BCUT2D eigenvalue weighted by molar-refractivity contribution is 0.122. The van der Waals surface area contributed by atoms with E-state index in [4.69, 9.17) is 19.8 Å². The minimum absolute atomic E-state index is 0.725. The van der Waals surface area contributed by atoms with Crippen LogP contribution in [0.3, 0.4) is 0 Å². The molecule has 0 bridgehead atoms. The van der Waals surface area contributed by atoms with Gasteiger partial charge < -0.3 is 9.64 Å². The minimum Gasteiger partial charge on any atom is -0.378 e. The van der Waals surface area contributed by atoms with Gasteiger partial charge in [0.1, 0.15) is 0 Å². The number of ether oxygens (including phenoxy) is 1. The van der Waals surface area contributed by atoms with Crippen molar-refractivity contribution in [2.75, 3.05) is 43.3 Å². The molecule has 1 aromatic heterocycles. The summed E-state index contributed by atoms with van der Waals surface area (Å²) in [5.74, 6) is 2.56. The van der Waals surface area contributed by atoms with Gasteiger partial charge in [-0.1, -0.05) is 53.9 Å². The topological polar surface area (TPSA) is 53.9 Å². The number of aryl methyl sites for hydroxylation is 1. The van der Waals surface area contributed by atoms with Gasteiger partial charge in [-0.25, -0.2) is 9.99 Å². The van der Waals surface area contributed by atoms with Gasteiger partial charge >= 0.3 is 0 Å². The van der Waals surface area contributed by atoms with Gasteiger partial charge in [-0.3, -0.25) is 0 Å². The van der Waals surface area contributed by atoms with Crippen molar-refractivity contribution in [3.05, 3.63) is 41.6 Å². The van der Waals surface area contributed by atoms with E-state index in [1.807, 2.05) is 18.1 Å². The lowest BCUT2D eigenvalue weighted by Gasteiger charge is -2.29. The second-order valence-corrected chi connectivity index (χ2v) is 8.35. The molecule has 0 spiro atoms. The summed E-state index contributed by atoms with van der Waals surface area (Å²) in [6.45, 7) is 5.16. The van der Waals surface area contributed by atoms with Crippen molar-refractivity contribution in [3.8, 4) is 0 Å². The van der Waals surface area contributed by atoms with Crippen LogP contribution in [0.15, 0.2) is 40.3 Å². The monoisotopic (exact) mass is 387 g/mol. The molecule has 3 heterocycles. The molecule has 0 N–H and O–H groups in total. The van der Waals surface area contributed by atoms with Crippen molar-refractivity contribution in [2.45, 2.75) is 17.6 Å². The van der Waals surface area contributed by atoms with E-state index in [0.29, 0.717) is 0 Å². The van der Waals surface area contributed by atoms with Crippen LogP contribution in [0.5, 0.6) is 0 Å². The Labute approximate surface area is 162 Å². The van der Waals surface area contributed by atoms with E-state index in [1.165, 1.54) is 5.56 Å². The SMILES string of the molecule is Cc1nc(N2CCOCC2)nc2c1SC(SCc1ccccc1)=NN2C. The van der Waals surface area contributed by atoms with E-state index in [9.17, 15) is 0 Å². The van der Waals surface area contributed by atoms with Crippen LogP contribution in [-0.4, -0.2) is 47.7 Å². The van der Waals surface area contributed by atoms with Crippen LogP contribution in [0.25, 0.3) is 0 Å². The molecule has 1 fully saturated rings. The van der Waals surface area contributed by atoms with Gasteiger partial charge in [-0.05, 0) is 12.5 Å². The molecule has 8 heteroatoms. The van der Waals surface area contributed by atoms with Gasteiger partial charge in [-0.15, -0.1) is 0 Å². The minimum atomic E-state index is 0.725. The Balaban J connectivity index is 1.52. The smallest absolute Gasteiger partial charge is 0.227 e. The molecule has 26 heavy (non-hydrogen) atoms. The molecule has 1 saturated heterocycles. The molecule has 1 aromatic carbocycles. The van der Waals surface area contributed by atoms with Gasteiger partial charge in [0.25, 0.3) is 0 Å². The van der Waals surface area contributed by atoms with Crippen molar-refractivity contribution in [3.63, 3.8) is 0 Å². The number of benzene rings is 1. The standard InChI is InChI=1S/C18H21N5OS2/c1-13-15-16(20-17(19-13)23-8-10-24-11-9-23)22(2)21-18(26-15)25-12-14-6-4-3-5-7-14/h3-7H,8-12H2,1-2H3. The number of hydrazone groups is 1. The van der Waals surface area contributed by atoms with E-state index in [2.05, 4.69) is 36.1 Å². The fraction of sp³-hybridized carbons (Fsp3) is 0.389. The average molecular weight is 388 g/mol. The zero-order valence-electron chi connectivity index (χ0n) is 14.9. The van der Waals surface area contributed by atoms with Crippen molar-refractivity contribution in [1.29, 1.82) is 0 Å². The highest BCUT2D eigenvalue weighted by atomic mass is 32.2. The molecule has 4 rings (SSSR count). The Morgan fingerprint density at radius 3 is 2.69 bits per heavy atom. The van der Waals surface area contributed by atoms with Crippen molar-refractivity contribution in [2.24, 2.45) is 5.10 Å². The summed E-state index contributed by atoms with van der Waals surface area (Å²) in [5.41, 5.74) is 2.30. The highest BCUT2D eigenvalue weighted by Gasteiger charge is 2.25. The highest BCUT2D eigenvalue weighted by Crippen LogP contribution is 2.40. The van der Waals surface area contributed by atoms with E-state index in [1.54, 1.807) is 23.5 Å². The average Bonchev–Trinajstić information content (AvgIpc) is 2.68. The molecule has 0 atom stereocenters. The van der Waals surface area contributed by atoms with Crippen LogP contribution in [0, 0.1) is 6.92 Å². The number of nitrogens with zero attached hydrogens (tertiary/aromatic N) is 5. The third kappa shape index (κ3) is 3.82. The van der Waals surface area contributed by atoms with E-state index >= 15 is 0 Å². The van der Waals surface area contributed by atoms with Gasteiger partial charge in [0.15, 0.2) is 10.2 Å². The second kappa shape index (κ2) is 7.85. The summed E-state index contributed by atoms with van der Waals surface area (Å²) in [6.07, 6.45) is 0. The number of rotatable bonds is 3. The number of hydrogen-bond acceptors (Lipinski definition) is 8. The summed E-state index contributed by atoms with van der Waals surface area (Å²) in [5, 5.41) is 6.58. The fourth-order valence-corrected chi connectivity index (χ4v) is 4.96. The summed E-state index contributed by atoms with van der Waals surface area (Å²) < 4.78 is 6.45. The number of fused-ring (bicyclic) bond motifs is 1. The maximum atomic E-state index is 5.43. The first-order valence-corrected chi connectivity index (χ1v) is 10.4. The molecule has 2 aliphatic heterocycles. The first kappa shape index (κ1) is 17.6. The van der Waals surface area contributed by atoms with Crippen LogP contribution >= 0.6 is 23.5 Å². The van der Waals surface area contributed by atoms with Crippen molar-refractivity contribution >= 4 is 39.7 Å². The molecule has 0 amide bonds. The van der Waals surface area contributed by atoms with E-state index in [-0.39, 0.29) is 0 Å². The summed E-state index contributed by atoms with van der Waals surface area (Å²) in [6, 6.07) is 10.5. The van der Waals surface area contributed by atoms with Crippen LogP contribution in [-0.2, 0) is 10.5 Å². The third-order valence-electron chi connectivity index (χ3n) is 4.23. The van der Waals surface area contributed by atoms with Crippen LogP contribution in [0.4, 0.5) is 11.8 Å². The van der Waals surface area contributed by atoms with Crippen LogP contribution < -0.4 is 9.91 Å². The molecule has 0 saturated carbocycles. The normalized spacial score (nSPS) is 17.1. The number of hydrogen-bond donors (Lipinski definition) is 0. The fourth-order valence-electron chi connectivity index (χ4n) is 2.83. The largest absolute Gasteiger partial charge is 0.378 e. The molecular weight excluding hydrogens is 366 g/mol. The molecule has 0 radical (unpaired) electrons.